The quantitative estimate of drug-likeness (QED) is 0.587. The van der Waals surface area contributed by atoms with E-state index in [1.807, 2.05) is 37.4 Å². The van der Waals surface area contributed by atoms with Crippen LogP contribution in [0.2, 0.25) is 0 Å². The van der Waals surface area contributed by atoms with Crippen molar-refractivity contribution in [3.8, 4) is 17.0 Å². The second-order valence-corrected chi connectivity index (χ2v) is 6.99. The van der Waals surface area contributed by atoms with Gasteiger partial charge in [-0.25, -0.2) is 4.98 Å². The minimum atomic E-state index is -0.711. The highest BCUT2D eigenvalue weighted by molar-refractivity contribution is 7.15. The number of hydrogen-bond acceptors (Lipinski definition) is 7. The van der Waals surface area contributed by atoms with Gasteiger partial charge in [-0.2, -0.15) is 5.10 Å². The minimum Gasteiger partial charge on any atom is -0.497 e. The van der Waals surface area contributed by atoms with Gasteiger partial charge in [-0.05, 0) is 24.1 Å². The van der Waals surface area contributed by atoms with Gasteiger partial charge in [0.05, 0.1) is 36.9 Å². The average Bonchev–Trinajstić information content (AvgIpc) is 3.24. The highest BCUT2D eigenvalue weighted by Crippen LogP contribution is 2.34. The third kappa shape index (κ3) is 3.72. The zero-order valence-corrected chi connectivity index (χ0v) is 15.5. The molecule has 138 valence electrons. The Balaban J connectivity index is 1.98. The highest BCUT2D eigenvalue weighted by Gasteiger charge is 2.22. The molecule has 0 saturated carbocycles. The van der Waals surface area contributed by atoms with Gasteiger partial charge < -0.3 is 20.7 Å². The van der Waals surface area contributed by atoms with E-state index in [4.69, 9.17) is 10.5 Å². The first kappa shape index (κ1) is 18.4. The molecule has 0 radical (unpaired) electrons. The molecule has 2 aromatic heterocycles. The summed E-state index contributed by atoms with van der Waals surface area (Å²) in [5.41, 5.74) is 8.68. The van der Waals surface area contributed by atoms with Crippen LogP contribution in [-0.2, 0) is 13.2 Å². The first-order valence-electron chi connectivity index (χ1n) is 8.30. The van der Waals surface area contributed by atoms with E-state index in [1.54, 1.807) is 11.8 Å². The van der Waals surface area contributed by atoms with Gasteiger partial charge in [0.15, 0.2) is 5.13 Å². The van der Waals surface area contributed by atoms with Crippen LogP contribution < -0.4 is 10.5 Å². The maximum atomic E-state index is 10.4. The van der Waals surface area contributed by atoms with Gasteiger partial charge in [0.1, 0.15) is 11.4 Å². The SMILES string of the molecule is CCC(O)c1nn(Cc2ccc(OC)cc2)cc1-c1nc(N)sc1CO. The van der Waals surface area contributed by atoms with Crippen molar-refractivity contribution in [2.24, 2.45) is 0 Å². The van der Waals surface area contributed by atoms with Crippen LogP contribution in [0.15, 0.2) is 30.5 Å². The zero-order valence-electron chi connectivity index (χ0n) is 14.7. The van der Waals surface area contributed by atoms with Crippen LogP contribution in [-0.4, -0.2) is 32.1 Å². The maximum absolute atomic E-state index is 10.4. The van der Waals surface area contributed by atoms with Crippen molar-refractivity contribution in [2.45, 2.75) is 32.6 Å². The molecular weight excluding hydrogens is 352 g/mol. The van der Waals surface area contributed by atoms with E-state index in [9.17, 15) is 10.2 Å². The Kier molecular flexibility index (Phi) is 5.55. The number of nitrogens with zero attached hydrogens (tertiary/aromatic N) is 3. The second kappa shape index (κ2) is 7.86. The van der Waals surface area contributed by atoms with Crippen LogP contribution in [0.5, 0.6) is 5.75 Å². The van der Waals surface area contributed by atoms with Gasteiger partial charge in [-0.15, -0.1) is 0 Å². The van der Waals surface area contributed by atoms with Crippen LogP contribution in [0.4, 0.5) is 5.13 Å². The number of methoxy groups -OCH3 is 1. The van der Waals surface area contributed by atoms with Crippen molar-refractivity contribution < 1.29 is 14.9 Å². The Labute approximate surface area is 155 Å². The molecule has 0 fully saturated rings. The van der Waals surface area contributed by atoms with E-state index in [2.05, 4.69) is 10.1 Å². The summed E-state index contributed by atoms with van der Waals surface area (Å²) in [6.45, 7) is 2.27. The lowest BCUT2D eigenvalue weighted by atomic mass is 10.1. The molecule has 0 aliphatic heterocycles. The topological polar surface area (TPSA) is 106 Å². The smallest absolute Gasteiger partial charge is 0.180 e. The predicted octanol–water partition coefficient (Wildman–Crippen LogP) is 2.58. The van der Waals surface area contributed by atoms with Gasteiger partial charge in [0, 0.05) is 11.8 Å². The Morgan fingerprint density at radius 2 is 2.04 bits per heavy atom. The molecule has 2 heterocycles. The summed E-state index contributed by atoms with van der Waals surface area (Å²) in [4.78, 5) is 4.99. The lowest BCUT2D eigenvalue weighted by molar-refractivity contribution is 0.168. The number of aliphatic hydroxyl groups excluding tert-OH is 2. The summed E-state index contributed by atoms with van der Waals surface area (Å²) in [6.07, 6.45) is 1.66. The van der Waals surface area contributed by atoms with E-state index in [0.717, 1.165) is 11.3 Å². The first-order valence-corrected chi connectivity index (χ1v) is 9.12. The minimum absolute atomic E-state index is 0.157. The van der Waals surface area contributed by atoms with E-state index in [1.165, 1.54) is 11.3 Å². The molecule has 3 aromatic rings. The van der Waals surface area contributed by atoms with Gasteiger partial charge in [-0.3, -0.25) is 4.68 Å². The van der Waals surface area contributed by atoms with Crippen molar-refractivity contribution in [3.05, 3.63) is 46.6 Å². The Morgan fingerprint density at radius 1 is 1.31 bits per heavy atom. The molecule has 0 aliphatic carbocycles. The van der Waals surface area contributed by atoms with Crippen molar-refractivity contribution in [1.82, 2.24) is 14.8 Å². The number of ether oxygens (including phenoxy) is 1. The molecule has 0 aliphatic rings. The molecule has 1 atom stereocenters. The molecule has 0 spiro atoms. The maximum Gasteiger partial charge on any atom is 0.180 e. The molecule has 3 rings (SSSR count). The summed E-state index contributed by atoms with van der Waals surface area (Å²) in [5, 5.41) is 24.9. The summed E-state index contributed by atoms with van der Waals surface area (Å²) in [5.74, 6) is 0.794. The molecule has 4 N–H and O–H groups in total. The lowest BCUT2D eigenvalue weighted by Gasteiger charge is -2.07. The molecule has 1 unspecified atom stereocenters. The van der Waals surface area contributed by atoms with Crippen LogP contribution in [0.3, 0.4) is 0 Å². The third-order valence-electron chi connectivity index (χ3n) is 4.11. The molecular formula is C18H22N4O3S. The monoisotopic (exact) mass is 374 g/mol. The van der Waals surface area contributed by atoms with Gasteiger partial charge >= 0.3 is 0 Å². The fraction of sp³-hybridized carbons (Fsp3) is 0.333. The molecule has 0 saturated heterocycles. The van der Waals surface area contributed by atoms with Crippen molar-refractivity contribution in [1.29, 1.82) is 0 Å². The average molecular weight is 374 g/mol. The predicted molar refractivity (Wildman–Crippen MR) is 101 cm³/mol. The lowest BCUT2D eigenvalue weighted by Crippen LogP contribution is -2.03. The second-order valence-electron chi connectivity index (χ2n) is 5.88. The fourth-order valence-corrected chi connectivity index (χ4v) is 3.45. The number of aromatic nitrogens is 3. The molecule has 0 bridgehead atoms. The number of anilines is 1. The number of nitrogen functional groups attached to an aromatic ring is 1. The number of rotatable bonds is 7. The summed E-state index contributed by atoms with van der Waals surface area (Å²) < 4.78 is 6.94. The fourth-order valence-electron chi connectivity index (χ4n) is 2.74. The van der Waals surface area contributed by atoms with E-state index < -0.39 is 6.10 Å². The van der Waals surface area contributed by atoms with E-state index in [-0.39, 0.29) is 6.61 Å². The molecule has 8 heteroatoms. The van der Waals surface area contributed by atoms with Crippen LogP contribution in [0, 0.1) is 0 Å². The van der Waals surface area contributed by atoms with E-state index >= 15 is 0 Å². The van der Waals surface area contributed by atoms with Crippen molar-refractivity contribution in [2.75, 3.05) is 12.8 Å². The van der Waals surface area contributed by atoms with Crippen molar-refractivity contribution in [3.63, 3.8) is 0 Å². The van der Waals surface area contributed by atoms with Crippen molar-refractivity contribution >= 4 is 16.5 Å². The summed E-state index contributed by atoms with van der Waals surface area (Å²) >= 11 is 1.24. The largest absolute Gasteiger partial charge is 0.497 e. The Morgan fingerprint density at radius 3 is 2.65 bits per heavy atom. The number of thiazole rings is 1. The summed E-state index contributed by atoms with van der Waals surface area (Å²) in [6, 6.07) is 7.73. The van der Waals surface area contributed by atoms with Gasteiger partial charge in [0.2, 0.25) is 0 Å². The zero-order chi connectivity index (χ0) is 18.7. The summed E-state index contributed by atoms with van der Waals surface area (Å²) in [7, 11) is 1.63. The Hall–Kier alpha value is -2.42. The molecule has 1 aromatic carbocycles. The van der Waals surface area contributed by atoms with Gasteiger partial charge in [-0.1, -0.05) is 30.4 Å². The molecule has 7 nitrogen and oxygen atoms in total. The normalized spacial score (nSPS) is 12.3. The van der Waals surface area contributed by atoms with Crippen LogP contribution in [0.1, 0.15) is 35.6 Å². The number of aliphatic hydroxyl groups is 2. The number of benzene rings is 1. The van der Waals surface area contributed by atoms with Crippen LogP contribution in [0.25, 0.3) is 11.3 Å². The standard InChI is InChI=1S/C18H22N4O3S/c1-3-14(24)16-13(17-15(10-23)26-18(19)20-17)9-22(21-16)8-11-4-6-12(25-2)7-5-11/h4-7,9,14,23-24H,3,8,10H2,1-2H3,(H2,19,20). The van der Waals surface area contributed by atoms with Crippen LogP contribution >= 0.6 is 11.3 Å². The number of nitrogens with two attached hydrogens (primary N) is 1. The first-order chi connectivity index (χ1) is 12.5. The van der Waals surface area contributed by atoms with Gasteiger partial charge in [0.25, 0.3) is 0 Å². The third-order valence-corrected chi connectivity index (χ3v) is 4.98. The molecule has 0 amide bonds. The molecule has 26 heavy (non-hydrogen) atoms. The number of hydrogen-bond donors (Lipinski definition) is 3. The Bertz CT molecular complexity index is 873. The van der Waals surface area contributed by atoms with E-state index in [0.29, 0.717) is 39.9 Å². The highest BCUT2D eigenvalue weighted by atomic mass is 32.1.